The fourth-order valence-corrected chi connectivity index (χ4v) is 1.01. The standard InChI is InChI=1S/C7H5N4O/c12-4-11-5-1-2-8-7-6(5)9-3-10-7/h1-3H,(H2,8,9,10,11,12). The van der Waals surface area contributed by atoms with Crippen LogP contribution in [0.2, 0.25) is 0 Å². The van der Waals surface area contributed by atoms with Crippen LogP contribution in [-0.4, -0.2) is 21.4 Å². The Bertz CT molecular complexity index is 408. The average Bonchev–Trinajstić information content (AvgIpc) is 2.53. The van der Waals surface area contributed by atoms with Gasteiger partial charge in [-0.25, -0.2) is 9.97 Å². The molecule has 2 heterocycles. The summed E-state index contributed by atoms with van der Waals surface area (Å²) < 4.78 is 0. The Hall–Kier alpha value is -1.91. The lowest BCUT2D eigenvalue weighted by Crippen LogP contribution is -1.94. The van der Waals surface area contributed by atoms with Gasteiger partial charge in [-0.1, -0.05) is 0 Å². The Morgan fingerprint density at radius 2 is 2.42 bits per heavy atom. The number of pyridine rings is 1. The van der Waals surface area contributed by atoms with Crippen molar-refractivity contribution < 1.29 is 4.79 Å². The molecule has 0 saturated heterocycles. The van der Waals surface area contributed by atoms with E-state index in [0.717, 1.165) is 0 Å². The Morgan fingerprint density at radius 3 is 3.25 bits per heavy atom. The number of fused-ring (bicyclic) bond motifs is 1. The summed E-state index contributed by atoms with van der Waals surface area (Å²) in [7, 11) is 0. The maximum atomic E-state index is 10.0. The van der Waals surface area contributed by atoms with E-state index in [1.807, 2.05) is 0 Å². The maximum absolute atomic E-state index is 10.0. The van der Waals surface area contributed by atoms with Crippen LogP contribution in [0.4, 0.5) is 5.69 Å². The number of aromatic amines is 1. The molecule has 0 saturated carbocycles. The van der Waals surface area contributed by atoms with Gasteiger partial charge in [0, 0.05) is 6.20 Å². The van der Waals surface area contributed by atoms with Gasteiger partial charge in [0.15, 0.2) is 5.65 Å². The Morgan fingerprint density at radius 1 is 1.50 bits per heavy atom. The minimum absolute atomic E-state index is 0.579. The molecule has 12 heavy (non-hydrogen) atoms. The van der Waals surface area contributed by atoms with Gasteiger partial charge < -0.3 is 10.3 Å². The van der Waals surface area contributed by atoms with Gasteiger partial charge in [-0.05, 0) is 6.07 Å². The van der Waals surface area contributed by atoms with Crippen LogP contribution in [0.1, 0.15) is 0 Å². The van der Waals surface area contributed by atoms with Crippen LogP contribution >= 0.6 is 0 Å². The summed E-state index contributed by atoms with van der Waals surface area (Å²) in [4.78, 5) is 20.8. The number of anilines is 1. The SMILES string of the molecule is O=[C]Nc1ccnc2nc[nH]c12. The first-order chi connectivity index (χ1) is 5.92. The molecule has 1 amide bonds. The second-order valence-electron chi connectivity index (χ2n) is 2.19. The van der Waals surface area contributed by atoms with E-state index >= 15 is 0 Å². The molecular weight excluding hydrogens is 156 g/mol. The van der Waals surface area contributed by atoms with E-state index < -0.39 is 0 Å². The molecule has 2 N–H and O–H groups in total. The predicted octanol–water partition coefficient (Wildman–Crippen LogP) is 0.437. The highest BCUT2D eigenvalue weighted by molar-refractivity contribution is 5.90. The lowest BCUT2D eigenvalue weighted by molar-refractivity contribution is 0.561. The van der Waals surface area contributed by atoms with Crippen LogP contribution in [0.3, 0.4) is 0 Å². The molecule has 0 aromatic carbocycles. The second-order valence-corrected chi connectivity index (χ2v) is 2.19. The van der Waals surface area contributed by atoms with Gasteiger partial charge in [-0.15, -0.1) is 0 Å². The minimum Gasteiger partial charge on any atom is -0.342 e. The van der Waals surface area contributed by atoms with Crippen molar-refractivity contribution >= 4 is 23.3 Å². The fraction of sp³-hybridized carbons (Fsp3) is 0. The van der Waals surface area contributed by atoms with E-state index in [1.54, 1.807) is 18.7 Å². The van der Waals surface area contributed by atoms with E-state index in [0.29, 0.717) is 16.9 Å². The highest BCUT2D eigenvalue weighted by atomic mass is 16.1. The van der Waals surface area contributed by atoms with Gasteiger partial charge in [0.2, 0.25) is 0 Å². The number of hydrogen-bond acceptors (Lipinski definition) is 3. The van der Waals surface area contributed by atoms with Crippen LogP contribution in [0, 0.1) is 0 Å². The molecule has 0 atom stereocenters. The molecule has 0 aliphatic carbocycles. The van der Waals surface area contributed by atoms with E-state index in [2.05, 4.69) is 20.3 Å². The van der Waals surface area contributed by atoms with Crippen molar-refractivity contribution in [3.63, 3.8) is 0 Å². The number of aromatic nitrogens is 3. The third kappa shape index (κ3) is 0.914. The first-order valence-electron chi connectivity index (χ1n) is 3.33. The highest BCUT2D eigenvalue weighted by Crippen LogP contribution is 2.15. The Kier molecular flexibility index (Phi) is 1.48. The van der Waals surface area contributed by atoms with Gasteiger partial charge in [0.05, 0.1) is 12.0 Å². The molecule has 5 heteroatoms. The summed E-state index contributed by atoms with van der Waals surface area (Å²) in [6.45, 7) is 0. The number of nitrogens with zero attached hydrogens (tertiary/aromatic N) is 2. The third-order valence-corrected chi connectivity index (χ3v) is 1.51. The first kappa shape index (κ1) is 6.78. The molecule has 2 aromatic heterocycles. The van der Waals surface area contributed by atoms with Crippen molar-refractivity contribution in [2.75, 3.05) is 5.32 Å². The summed E-state index contributed by atoms with van der Waals surface area (Å²) in [5.41, 5.74) is 1.92. The molecule has 0 spiro atoms. The van der Waals surface area contributed by atoms with Gasteiger partial charge >= 0.3 is 6.41 Å². The number of imidazole rings is 1. The fourth-order valence-electron chi connectivity index (χ4n) is 1.01. The van der Waals surface area contributed by atoms with Crippen molar-refractivity contribution in [2.45, 2.75) is 0 Å². The molecule has 2 aromatic rings. The lowest BCUT2D eigenvalue weighted by Gasteiger charge is -1.96. The molecule has 0 aliphatic heterocycles. The zero-order chi connectivity index (χ0) is 8.39. The Balaban J connectivity index is 2.65. The molecular formula is C7H5N4O. The summed E-state index contributed by atoms with van der Waals surface area (Å²) in [6, 6.07) is 1.67. The number of carbonyl (C=O) groups excluding carboxylic acids is 1. The zero-order valence-corrected chi connectivity index (χ0v) is 6.03. The van der Waals surface area contributed by atoms with Crippen molar-refractivity contribution in [1.82, 2.24) is 15.0 Å². The van der Waals surface area contributed by atoms with Crippen molar-refractivity contribution in [3.05, 3.63) is 18.6 Å². The quantitative estimate of drug-likeness (QED) is 0.627. The van der Waals surface area contributed by atoms with Crippen LogP contribution in [0.15, 0.2) is 18.6 Å². The van der Waals surface area contributed by atoms with Crippen LogP contribution in [0.25, 0.3) is 11.2 Å². The molecule has 1 radical (unpaired) electrons. The molecule has 2 rings (SSSR count). The van der Waals surface area contributed by atoms with E-state index in [4.69, 9.17) is 0 Å². The normalized spacial score (nSPS) is 10.0. The van der Waals surface area contributed by atoms with Crippen molar-refractivity contribution in [3.8, 4) is 0 Å². The first-order valence-corrected chi connectivity index (χ1v) is 3.33. The monoisotopic (exact) mass is 161 g/mol. The van der Waals surface area contributed by atoms with E-state index in [1.165, 1.54) is 6.33 Å². The average molecular weight is 161 g/mol. The summed E-state index contributed by atoms with van der Waals surface area (Å²) in [6.07, 6.45) is 4.68. The number of hydrogen-bond donors (Lipinski definition) is 2. The van der Waals surface area contributed by atoms with Crippen LogP contribution in [0.5, 0.6) is 0 Å². The number of amides is 1. The predicted molar refractivity (Wildman–Crippen MR) is 43.2 cm³/mol. The van der Waals surface area contributed by atoms with Gasteiger partial charge in [-0.2, -0.15) is 0 Å². The molecule has 0 unspecified atom stereocenters. The maximum Gasteiger partial charge on any atom is 0.314 e. The van der Waals surface area contributed by atoms with Gasteiger partial charge in [-0.3, -0.25) is 4.79 Å². The largest absolute Gasteiger partial charge is 0.342 e. The minimum atomic E-state index is 0.579. The van der Waals surface area contributed by atoms with Crippen molar-refractivity contribution in [2.24, 2.45) is 0 Å². The topological polar surface area (TPSA) is 70.7 Å². The van der Waals surface area contributed by atoms with Crippen molar-refractivity contribution in [1.29, 1.82) is 0 Å². The molecule has 59 valence electrons. The van der Waals surface area contributed by atoms with Crippen LogP contribution in [-0.2, 0) is 4.79 Å². The Labute approximate surface area is 67.8 Å². The van der Waals surface area contributed by atoms with Crippen LogP contribution < -0.4 is 5.32 Å². The zero-order valence-electron chi connectivity index (χ0n) is 6.03. The summed E-state index contributed by atoms with van der Waals surface area (Å²) in [5, 5.41) is 2.42. The molecule has 0 fully saturated rings. The third-order valence-electron chi connectivity index (χ3n) is 1.51. The second kappa shape index (κ2) is 2.61. The molecule has 5 nitrogen and oxygen atoms in total. The summed E-state index contributed by atoms with van der Waals surface area (Å²) in [5.74, 6) is 0. The smallest absolute Gasteiger partial charge is 0.314 e. The highest BCUT2D eigenvalue weighted by Gasteiger charge is 2.01. The molecule has 0 aliphatic rings. The number of rotatable bonds is 2. The lowest BCUT2D eigenvalue weighted by atomic mass is 10.3. The molecule has 0 bridgehead atoms. The number of H-pyrrole nitrogens is 1. The van der Waals surface area contributed by atoms with Gasteiger partial charge in [0.25, 0.3) is 0 Å². The summed E-state index contributed by atoms with van der Waals surface area (Å²) >= 11 is 0. The van der Waals surface area contributed by atoms with E-state index in [9.17, 15) is 4.79 Å². The van der Waals surface area contributed by atoms with E-state index in [-0.39, 0.29) is 0 Å². The van der Waals surface area contributed by atoms with Gasteiger partial charge in [0.1, 0.15) is 5.52 Å². The number of nitrogens with one attached hydrogen (secondary N) is 2.